The molecule has 7 nitrogen and oxygen atoms in total. The van der Waals surface area contributed by atoms with Gasteiger partial charge in [-0.2, -0.15) is 5.10 Å². The summed E-state index contributed by atoms with van der Waals surface area (Å²) in [5.74, 6) is -2.06. The molecule has 1 aliphatic carbocycles. The molecule has 1 amide bonds. The number of benzene rings is 1. The molecule has 1 unspecified atom stereocenters. The molecule has 0 saturated heterocycles. The van der Waals surface area contributed by atoms with E-state index in [1.807, 2.05) is 0 Å². The van der Waals surface area contributed by atoms with Gasteiger partial charge in [0, 0.05) is 31.4 Å². The summed E-state index contributed by atoms with van der Waals surface area (Å²) in [7, 11) is 1.47. The zero-order valence-corrected chi connectivity index (χ0v) is 14.4. The highest BCUT2D eigenvalue weighted by Crippen LogP contribution is 2.28. The van der Waals surface area contributed by atoms with E-state index in [0.717, 1.165) is 24.1 Å². The third kappa shape index (κ3) is 3.60. The minimum absolute atomic E-state index is 0.157. The fourth-order valence-electron chi connectivity index (χ4n) is 3.16. The summed E-state index contributed by atoms with van der Waals surface area (Å²) in [6, 6.07) is 4.94. The molecule has 26 heavy (non-hydrogen) atoms. The third-order valence-electron chi connectivity index (χ3n) is 4.41. The molecule has 0 fully saturated rings. The Balaban J connectivity index is 1.90. The quantitative estimate of drug-likeness (QED) is 0.783. The summed E-state index contributed by atoms with van der Waals surface area (Å²) >= 11 is 0. The lowest BCUT2D eigenvalue weighted by atomic mass is 10.1. The standard InChI is InChI=1S/C18H20FN3O4/c1-26-9-8-14(18(24)25)20-17(23)16-13-6-3-7-15(13)22(21-16)12-5-2-4-11(19)10-12/h2,4-5,10,14H,3,6-9H2,1H3,(H,20,23)(H,24,25). The van der Waals surface area contributed by atoms with Gasteiger partial charge in [-0.05, 0) is 37.5 Å². The van der Waals surface area contributed by atoms with E-state index in [2.05, 4.69) is 10.4 Å². The number of carbonyl (C=O) groups is 2. The molecule has 8 heteroatoms. The normalized spacial score (nSPS) is 14.1. The van der Waals surface area contributed by atoms with E-state index in [1.54, 1.807) is 16.8 Å². The lowest BCUT2D eigenvalue weighted by Crippen LogP contribution is -2.42. The Morgan fingerprint density at radius 2 is 2.23 bits per heavy atom. The van der Waals surface area contributed by atoms with E-state index in [9.17, 15) is 19.1 Å². The molecule has 2 aromatic rings. The minimum Gasteiger partial charge on any atom is -0.480 e. The van der Waals surface area contributed by atoms with Gasteiger partial charge in [-0.1, -0.05) is 6.07 Å². The third-order valence-corrected chi connectivity index (χ3v) is 4.41. The van der Waals surface area contributed by atoms with Gasteiger partial charge in [0.2, 0.25) is 0 Å². The molecule has 0 saturated carbocycles. The summed E-state index contributed by atoms with van der Waals surface area (Å²) < 4.78 is 20.0. The molecule has 1 aromatic heterocycles. The van der Waals surface area contributed by atoms with E-state index in [1.165, 1.54) is 19.2 Å². The van der Waals surface area contributed by atoms with Crippen molar-refractivity contribution in [2.45, 2.75) is 31.7 Å². The van der Waals surface area contributed by atoms with Crippen molar-refractivity contribution in [2.75, 3.05) is 13.7 Å². The number of hydrogen-bond acceptors (Lipinski definition) is 4. The molecule has 138 valence electrons. The Labute approximate surface area is 149 Å². The van der Waals surface area contributed by atoms with Crippen molar-refractivity contribution in [3.05, 3.63) is 47.0 Å². The highest BCUT2D eigenvalue weighted by Gasteiger charge is 2.29. The number of nitrogens with zero attached hydrogens (tertiary/aromatic N) is 2. The van der Waals surface area contributed by atoms with Crippen molar-refractivity contribution < 1.29 is 23.8 Å². The highest BCUT2D eigenvalue weighted by molar-refractivity contribution is 5.96. The Hall–Kier alpha value is -2.74. The van der Waals surface area contributed by atoms with Gasteiger partial charge >= 0.3 is 5.97 Å². The number of methoxy groups -OCH3 is 1. The van der Waals surface area contributed by atoms with Crippen molar-refractivity contribution in [3.8, 4) is 5.69 Å². The summed E-state index contributed by atoms with van der Waals surface area (Å²) in [5.41, 5.74) is 2.40. The van der Waals surface area contributed by atoms with Crippen LogP contribution in [0.4, 0.5) is 4.39 Å². The number of halogens is 1. The number of ether oxygens (including phenoxy) is 1. The van der Waals surface area contributed by atoms with Crippen LogP contribution in [0.2, 0.25) is 0 Å². The smallest absolute Gasteiger partial charge is 0.326 e. The summed E-state index contributed by atoms with van der Waals surface area (Å²) in [4.78, 5) is 24.0. The van der Waals surface area contributed by atoms with Crippen LogP contribution in [-0.4, -0.2) is 46.5 Å². The average molecular weight is 361 g/mol. The average Bonchev–Trinajstić information content (AvgIpc) is 3.20. The lowest BCUT2D eigenvalue weighted by Gasteiger charge is -2.13. The van der Waals surface area contributed by atoms with E-state index in [-0.39, 0.29) is 24.5 Å². The van der Waals surface area contributed by atoms with Crippen LogP contribution in [0.25, 0.3) is 5.69 Å². The first-order chi connectivity index (χ1) is 12.5. The molecule has 0 aliphatic heterocycles. The van der Waals surface area contributed by atoms with Crippen LogP contribution in [-0.2, 0) is 22.4 Å². The van der Waals surface area contributed by atoms with Crippen LogP contribution in [0, 0.1) is 5.82 Å². The second-order valence-electron chi connectivity index (χ2n) is 6.16. The summed E-state index contributed by atoms with van der Waals surface area (Å²) in [5, 5.41) is 16.1. The molecule has 1 heterocycles. The maximum absolute atomic E-state index is 13.6. The van der Waals surface area contributed by atoms with Crippen molar-refractivity contribution in [3.63, 3.8) is 0 Å². The Morgan fingerprint density at radius 1 is 1.42 bits per heavy atom. The van der Waals surface area contributed by atoms with Gasteiger partial charge < -0.3 is 15.2 Å². The molecule has 1 aromatic carbocycles. The second kappa shape index (κ2) is 7.65. The van der Waals surface area contributed by atoms with E-state index in [4.69, 9.17) is 4.74 Å². The van der Waals surface area contributed by atoms with E-state index < -0.39 is 17.9 Å². The topological polar surface area (TPSA) is 93.5 Å². The SMILES string of the molecule is COCCC(NC(=O)c1nn(-c2cccc(F)c2)c2c1CCC2)C(=O)O. The van der Waals surface area contributed by atoms with Gasteiger partial charge in [0.25, 0.3) is 5.91 Å². The van der Waals surface area contributed by atoms with Crippen LogP contribution in [0.1, 0.15) is 34.6 Å². The predicted molar refractivity (Wildman–Crippen MR) is 90.9 cm³/mol. The van der Waals surface area contributed by atoms with E-state index in [0.29, 0.717) is 12.1 Å². The molecule has 0 bridgehead atoms. The van der Waals surface area contributed by atoms with Crippen molar-refractivity contribution >= 4 is 11.9 Å². The number of aliphatic carboxylic acids is 1. The van der Waals surface area contributed by atoms with Crippen molar-refractivity contribution in [1.82, 2.24) is 15.1 Å². The minimum atomic E-state index is -1.13. The fraction of sp³-hybridized carbons (Fsp3) is 0.389. The first kappa shape index (κ1) is 18.1. The van der Waals surface area contributed by atoms with Gasteiger partial charge in [-0.3, -0.25) is 4.79 Å². The van der Waals surface area contributed by atoms with E-state index >= 15 is 0 Å². The molecule has 0 radical (unpaired) electrons. The molecular formula is C18H20FN3O4. The lowest BCUT2D eigenvalue weighted by molar-refractivity contribution is -0.139. The molecule has 0 spiro atoms. The van der Waals surface area contributed by atoms with Gasteiger partial charge in [0.05, 0.1) is 5.69 Å². The molecular weight excluding hydrogens is 341 g/mol. The molecule has 2 N–H and O–H groups in total. The Kier molecular flexibility index (Phi) is 5.32. The zero-order valence-electron chi connectivity index (χ0n) is 14.4. The number of carboxylic acid groups (broad SMARTS) is 1. The fourth-order valence-corrected chi connectivity index (χ4v) is 3.16. The van der Waals surface area contributed by atoms with Crippen molar-refractivity contribution in [2.24, 2.45) is 0 Å². The van der Waals surface area contributed by atoms with Crippen LogP contribution < -0.4 is 5.32 Å². The number of amides is 1. The number of hydrogen-bond donors (Lipinski definition) is 2. The van der Waals surface area contributed by atoms with Gasteiger partial charge in [-0.25, -0.2) is 13.9 Å². The maximum Gasteiger partial charge on any atom is 0.326 e. The first-order valence-electron chi connectivity index (χ1n) is 8.40. The van der Waals surface area contributed by atoms with Crippen LogP contribution in [0.15, 0.2) is 24.3 Å². The Bertz CT molecular complexity index is 834. The zero-order chi connectivity index (χ0) is 18.7. The number of carbonyl (C=O) groups excluding carboxylic acids is 1. The second-order valence-corrected chi connectivity index (χ2v) is 6.16. The van der Waals surface area contributed by atoms with Gasteiger partial charge in [-0.15, -0.1) is 0 Å². The number of aromatic nitrogens is 2. The molecule has 1 atom stereocenters. The largest absolute Gasteiger partial charge is 0.480 e. The summed E-state index contributed by atoms with van der Waals surface area (Å²) in [6.45, 7) is 0.215. The van der Waals surface area contributed by atoms with Crippen molar-refractivity contribution in [1.29, 1.82) is 0 Å². The summed E-state index contributed by atoms with van der Waals surface area (Å²) in [6.07, 6.45) is 2.44. The number of nitrogens with one attached hydrogen (secondary N) is 1. The monoisotopic (exact) mass is 361 g/mol. The van der Waals surface area contributed by atoms with Crippen LogP contribution in [0.3, 0.4) is 0 Å². The van der Waals surface area contributed by atoms with Crippen LogP contribution >= 0.6 is 0 Å². The molecule has 3 rings (SSSR count). The first-order valence-corrected chi connectivity index (χ1v) is 8.40. The number of fused-ring (bicyclic) bond motifs is 1. The van der Waals surface area contributed by atoms with Gasteiger partial charge in [0.1, 0.15) is 11.9 Å². The predicted octanol–water partition coefficient (Wildman–Crippen LogP) is 1.72. The highest BCUT2D eigenvalue weighted by atomic mass is 19.1. The molecule has 1 aliphatic rings. The number of rotatable bonds is 7. The number of carboxylic acids is 1. The van der Waals surface area contributed by atoms with Crippen LogP contribution in [0.5, 0.6) is 0 Å². The van der Waals surface area contributed by atoms with Gasteiger partial charge in [0.15, 0.2) is 5.69 Å². The Morgan fingerprint density at radius 3 is 2.92 bits per heavy atom. The maximum atomic E-state index is 13.6.